The van der Waals surface area contributed by atoms with Gasteiger partial charge in [-0.25, -0.2) is 0 Å². The largest absolute Gasteiger partial charge is 0.325 e. The summed E-state index contributed by atoms with van der Waals surface area (Å²) < 4.78 is 0. The molecule has 0 aromatic heterocycles. The molecule has 0 fully saturated rings. The minimum absolute atomic E-state index is 0.0765. The second-order valence-corrected chi connectivity index (χ2v) is 6.55. The van der Waals surface area contributed by atoms with Gasteiger partial charge in [0.25, 0.3) is 0 Å². The third kappa shape index (κ3) is 5.44. The lowest BCUT2D eigenvalue weighted by Gasteiger charge is -2.07. The number of carbonyl (C=O) groups is 1. The second kappa shape index (κ2) is 7.95. The molecule has 0 aliphatic heterocycles. The number of amides is 1. The smallest absolute Gasteiger partial charge is 0.234 e. The van der Waals surface area contributed by atoms with Crippen molar-refractivity contribution in [3.63, 3.8) is 0 Å². The van der Waals surface area contributed by atoms with E-state index in [1.807, 2.05) is 6.07 Å². The van der Waals surface area contributed by atoms with Crippen molar-refractivity contribution in [1.29, 1.82) is 0 Å². The average molecular weight is 361 g/mol. The molecule has 0 saturated carbocycles. The van der Waals surface area contributed by atoms with Crippen LogP contribution >= 0.6 is 46.6 Å². The van der Waals surface area contributed by atoms with E-state index in [1.54, 1.807) is 36.4 Å². The maximum Gasteiger partial charge on any atom is 0.234 e. The van der Waals surface area contributed by atoms with E-state index >= 15 is 0 Å². The molecular formula is C15H12Cl3NOS. The van der Waals surface area contributed by atoms with Crippen molar-refractivity contribution < 1.29 is 4.79 Å². The van der Waals surface area contributed by atoms with E-state index in [0.717, 1.165) is 5.56 Å². The summed E-state index contributed by atoms with van der Waals surface area (Å²) in [6, 6.07) is 12.4. The summed E-state index contributed by atoms with van der Waals surface area (Å²) in [7, 11) is 0. The van der Waals surface area contributed by atoms with Gasteiger partial charge in [0, 0.05) is 26.5 Å². The molecular weight excluding hydrogens is 349 g/mol. The highest BCUT2D eigenvalue weighted by Crippen LogP contribution is 2.24. The Labute approximate surface area is 142 Å². The van der Waals surface area contributed by atoms with Gasteiger partial charge in [-0.3, -0.25) is 4.79 Å². The lowest BCUT2D eigenvalue weighted by atomic mass is 10.2. The molecule has 0 heterocycles. The van der Waals surface area contributed by atoms with Gasteiger partial charge in [-0.2, -0.15) is 0 Å². The van der Waals surface area contributed by atoms with E-state index in [1.165, 1.54) is 11.8 Å². The van der Waals surface area contributed by atoms with E-state index in [0.29, 0.717) is 32.3 Å². The van der Waals surface area contributed by atoms with Crippen LogP contribution < -0.4 is 5.32 Å². The Bertz CT molecular complexity index is 649. The van der Waals surface area contributed by atoms with Crippen molar-refractivity contribution in [1.82, 2.24) is 0 Å². The Balaban J connectivity index is 1.81. The first-order valence-corrected chi connectivity index (χ1v) is 8.40. The van der Waals surface area contributed by atoms with Gasteiger partial charge < -0.3 is 5.32 Å². The van der Waals surface area contributed by atoms with E-state index in [-0.39, 0.29) is 5.91 Å². The summed E-state index contributed by atoms with van der Waals surface area (Å²) in [6.07, 6.45) is 0. The lowest BCUT2D eigenvalue weighted by Crippen LogP contribution is -2.14. The number of carbonyl (C=O) groups excluding carboxylic acids is 1. The van der Waals surface area contributed by atoms with Crippen LogP contribution in [0.4, 0.5) is 5.69 Å². The highest BCUT2D eigenvalue weighted by molar-refractivity contribution is 7.99. The molecule has 0 unspecified atom stereocenters. The molecule has 0 radical (unpaired) electrons. The van der Waals surface area contributed by atoms with Crippen molar-refractivity contribution in [3.8, 4) is 0 Å². The zero-order valence-electron chi connectivity index (χ0n) is 10.9. The van der Waals surface area contributed by atoms with Gasteiger partial charge in [-0.05, 0) is 35.9 Å². The first-order chi connectivity index (χ1) is 10.0. The molecule has 21 heavy (non-hydrogen) atoms. The zero-order valence-corrected chi connectivity index (χ0v) is 14.0. The topological polar surface area (TPSA) is 29.1 Å². The van der Waals surface area contributed by atoms with Crippen LogP contribution in [0.1, 0.15) is 5.56 Å². The average Bonchev–Trinajstić information content (AvgIpc) is 2.41. The molecule has 0 bridgehead atoms. The molecule has 6 heteroatoms. The fraction of sp³-hybridized carbons (Fsp3) is 0.133. The summed E-state index contributed by atoms with van der Waals surface area (Å²) in [4.78, 5) is 11.8. The number of hydrogen-bond donors (Lipinski definition) is 1. The zero-order chi connectivity index (χ0) is 15.2. The molecule has 0 saturated heterocycles. The third-order valence-electron chi connectivity index (χ3n) is 2.61. The monoisotopic (exact) mass is 359 g/mol. The highest BCUT2D eigenvalue weighted by Gasteiger charge is 2.06. The number of anilines is 1. The summed E-state index contributed by atoms with van der Waals surface area (Å²) >= 11 is 19.3. The van der Waals surface area contributed by atoms with Crippen LogP contribution in [0.3, 0.4) is 0 Å². The summed E-state index contributed by atoms with van der Waals surface area (Å²) in [5.74, 6) is 0.914. The first-order valence-electron chi connectivity index (χ1n) is 6.11. The van der Waals surface area contributed by atoms with Crippen LogP contribution in [-0.2, 0) is 10.5 Å². The van der Waals surface area contributed by atoms with Crippen molar-refractivity contribution in [3.05, 3.63) is 63.1 Å². The number of hydrogen-bond acceptors (Lipinski definition) is 2. The van der Waals surface area contributed by atoms with Gasteiger partial charge >= 0.3 is 0 Å². The molecule has 2 aromatic rings. The Morgan fingerprint density at radius 2 is 1.81 bits per heavy atom. The molecule has 1 amide bonds. The molecule has 0 aliphatic rings. The molecule has 0 aliphatic carbocycles. The lowest BCUT2D eigenvalue weighted by molar-refractivity contribution is -0.113. The van der Waals surface area contributed by atoms with Crippen molar-refractivity contribution in [2.75, 3.05) is 11.1 Å². The predicted octanol–water partition coefficient (Wildman–Crippen LogP) is 5.52. The summed E-state index contributed by atoms with van der Waals surface area (Å²) in [6.45, 7) is 0. The van der Waals surface area contributed by atoms with Crippen molar-refractivity contribution >= 4 is 58.2 Å². The number of halogens is 3. The van der Waals surface area contributed by atoms with E-state index < -0.39 is 0 Å². The maximum absolute atomic E-state index is 11.8. The molecule has 0 spiro atoms. The Hall–Kier alpha value is -0.870. The molecule has 2 nitrogen and oxygen atoms in total. The number of thioether (sulfide) groups is 1. The minimum atomic E-state index is -0.0765. The Kier molecular flexibility index (Phi) is 6.24. The summed E-state index contributed by atoms with van der Waals surface area (Å²) in [5.41, 5.74) is 1.65. The number of nitrogens with one attached hydrogen (secondary N) is 1. The van der Waals surface area contributed by atoms with Gasteiger partial charge in [0.15, 0.2) is 0 Å². The molecule has 2 rings (SSSR count). The molecule has 110 valence electrons. The number of rotatable bonds is 5. The molecule has 0 atom stereocenters. The van der Waals surface area contributed by atoms with Crippen LogP contribution in [-0.4, -0.2) is 11.7 Å². The van der Waals surface area contributed by atoms with E-state index in [2.05, 4.69) is 5.32 Å². The highest BCUT2D eigenvalue weighted by atomic mass is 35.5. The minimum Gasteiger partial charge on any atom is -0.325 e. The fourth-order valence-electron chi connectivity index (χ4n) is 1.66. The first kappa shape index (κ1) is 16.5. The van der Waals surface area contributed by atoms with Crippen molar-refractivity contribution in [2.24, 2.45) is 0 Å². The quantitative estimate of drug-likeness (QED) is 0.760. The standard InChI is InChI=1S/C15H12Cl3NOS/c16-11-2-1-3-13(6-11)19-15(20)9-21-8-10-4-5-12(17)7-14(10)18/h1-7H,8-9H2,(H,19,20). The fourth-order valence-corrected chi connectivity index (χ4v) is 3.23. The van der Waals surface area contributed by atoms with E-state index in [4.69, 9.17) is 34.8 Å². The van der Waals surface area contributed by atoms with Gasteiger partial charge in [-0.1, -0.05) is 46.9 Å². The van der Waals surface area contributed by atoms with Gasteiger partial charge in [0.2, 0.25) is 5.91 Å². The SMILES string of the molecule is O=C(CSCc1ccc(Cl)cc1Cl)Nc1cccc(Cl)c1. The third-order valence-corrected chi connectivity index (χ3v) is 4.42. The Morgan fingerprint density at radius 3 is 2.52 bits per heavy atom. The Morgan fingerprint density at radius 1 is 1.05 bits per heavy atom. The predicted molar refractivity (Wildman–Crippen MR) is 92.7 cm³/mol. The van der Waals surface area contributed by atoms with Crippen LogP contribution in [0.2, 0.25) is 15.1 Å². The van der Waals surface area contributed by atoms with Gasteiger partial charge in [0.05, 0.1) is 5.75 Å². The van der Waals surface area contributed by atoms with Gasteiger partial charge in [0.1, 0.15) is 0 Å². The van der Waals surface area contributed by atoms with E-state index in [9.17, 15) is 4.79 Å². The second-order valence-electron chi connectivity index (χ2n) is 4.29. The maximum atomic E-state index is 11.8. The molecule has 1 N–H and O–H groups in total. The van der Waals surface area contributed by atoms with Crippen LogP contribution in [0.15, 0.2) is 42.5 Å². The normalized spacial score (nSPS) is 10.4. The van der Waals surface area contributed by atoms with Crippen LogP contribution in [0, 0.1) is 0 Å². The van der Waals surface area contributed by atoms with Gasteiger partial charge in [-0.15, -0.1) is 11.8 Å². The molecule has 2 aromatic carbocycles. The summed E-state index contributed by atoms with van der Waals surface area (Å²) in [5, 5.41) is 4.61. The van der Waals surface area contributed by atoms with Crippen LogP contribution in [0.25, 0.3) is 0 Å². The van der Waals surface area contributed by atoms with Crippen molar-refractivity contribution in [2.45, 2.75) is 5.75 Å². The number of benzene rings is 2. The van der Waals surface area contributed by atoms with Crippen LogP contribution in [0.5, 0.6) is 0 Å².